The van der Waals surface area contributed by atoms with Crippen molar-refractivity contribution >= 4 is 18.5 Å². The number of aromatic nitrogens is 1. The molecule has 63 valence electrons. The monoisotopic (exact) mass is 172 g/mol. The van der Waals surface area contributed by atoms with Gasteiger partial charge in [0, 0.05) is 17.8 Å². The third-order valence-electron chi connectivity index (χ3n) is 1.82. The van der Waals surface area contributed by atoms with Crippen molar-refractivity contribution in [1.29, 1.82) is 0 Å². The Morgan fingerprint density at radius 1 is 1.31 bits per heavy atom. The summed E-state index contributed by atoms with van der Waals surface area (Å²) in [5.74, 6) is 0.605. The average molecular weight is 172 g/mol. The molecule has 0 fully saturated rings. The van der Waals surface area contributed by atoms with Gasteiger partial charge < -0.3 is 9.68 Å². The molecule has 0 aliphatic heterocycles. The smallest absolute Gasteiger partial charge is 0.537 e. The van der Waals surface area contributed by atoms with Crippen molar-refractivity contribution in [2.75, 3.05) is 0 Å². The molecule has 2 rings (SSSR count). The maximum atomic E-state index is 8.51. The number of benzene rings is 1. The number of pyridine rings is 1. The Hall–Kier alpha value is -1.55. The van der Waals surface area contributed by atoms with Crippen LogP contribution in [0.4, 0.5) is 0 Å². The van der Waals surface area contributed by atoms with E-state index in [-0.39, 0.29) is 0 Å². The lowest BCUT2D eigenvalue weighted by Gasteiger charge is -2.04. The summed E-state index contributed by atoms with van der Waals surface area (Å²) in [5.41, 5.74) is 0. The zero-order valence-corrected chi connectivity index (χ0v) is 6.84. The van der Waals surface area contributed by atoms with E-state index in [1.807, 2.05) is 18.2 Å². The summed E-state index contributed by atoms with van der Waals surface area (Å²) in [6.07, 6.45) is 3.42. The fourth-order valence-corrected chi connectivity index (χ4v) is 1.24. The van der Waals surface area contributed by atoms with Crippen molar-refractivity contribution in [2.45, 2.75) is 0 Å². The molecule has 0 atom stereocenters. The molecule has 1 aromatic heterocycles. The first-order chi connectivity index (χ1) is 6.42. The number of hydrogen-bond donors (Lipinski definition) is 1. The molecule has 0 aliphatic rings. The standard InChI is InChI=1S/C9H7BNO2/c12-10-13-9-3-1-2-7-4-5-11-6-8(7)9/h1-6,12H. The van der Waals surface area contributed by atoms with Crippen LogP contribution in [0.2, 0.25) is 0 Å². The van der Waals surface area contributed by atoms with Gasteiger partial charge in [-0.2, -0.15) is 0 Å². The zero-order chi connectivity index (χ0) is 9.10. The van der Waals surface area contributed by atoms with Gasteiger partial charge in [-0.05, 0) is 17.5 Å². The van der Waals surface area contributed by atoms with Gasteiger partial charge in [0.2, 0.25) is 0 Å². The van der Waals surface area contributed by atoms with Crippen molar-refractivity contribution in [3.05, 3.63) is 36.7 Å². The Morgan fingerprint density at radius 2 is 2.23 bits per heavy atom. The lowest BCUT2D eigenvalue weighted by Crippen LogP contribution is -2.00. The van der Waals surface area contributed by atoms with Gasteiger partial charge >= 0.3 is 7.69 Å². The molecule has 0 amide bonds. The highest BCUT2D eigenvalue weighted by Crippen LogP contribution is 2.23. The third-order valence-corrected chi connectivity index (χ3v) is 1.82. The molecule has 1 N–H and O–H groups in total. The van der Waals surface area contributed by atoms with Crippen LogP contribution in [0, 0.1) is 0 Å². The van der Waals surface area contributed by atoms with E-state index in [2.05, 4.69) is 4.98 Å². The molecule has 0 spiro atoms. The summed E-state index contributed by atoms with van der Waals surface area (Å²) in [4.78, 5) is 3.98. The van der Waals surface area contributed by atoms with E-state index < -0.39 is 0 Å². The zero-order valence-electron chi connectivity index (χ0n) is 6.84. The molecule has 4 heteroatoms. The van der Waals surface area contributed by atoms with Crippen molar-refractivity contribution in [2.24, 2.45) is 0 Å². The van der Waals surface area contributed by atoms with E-state index in [1.165, 1.54) is 0 Å². The number of nitrogens with zero attached hydrogens (tertiary/aromatic N) is 1. The summed E-state index contributed by atoms with van der Waals surface area (Å²) in [5, 5.41) is 10.4. The SMILES string of the molecule is O[B]Oc1cccc2ccncc12. The van der Waals surface area contributed by atoms with Gasteiger partial charge in [0.1, 0.15) is 5.75 Å². The van der Waals surface area contributed by atoms with Crippen LogP contribution >= 0.6 is 0 Å². The molecule has 3 nitrogen and oxygen atoms in total. The van der Waals surface area contributed by atoms with Gasteiger partial charge in [0.05, 0.1) is 0 Å². The first-order valence-corrected chi connectivity index (χ1v) is 3.87. The molecule has 0 bridgehead atoms. The van der Waals surface area contributed by atoms with Crippen LogP contribution in [0.25, 0.3) is 10.8 Å². The van der Waals surface area contributed by atoms with Gasteiger partial charge in [0.25, 0.3) is 0 Å². The molecule has 13 heavy (non-hydrogen) atoms. The Balaban J connectivity index is 2.61. The summed E-state index contributed by atoms with van der Waals surface area (Å²) in [6, 6.07) is 7.48. The van der Waals surface area contributed by atoms with E-state index in [4.69, 9.17) is 9.68 Å². The second-order valence-electron chi connectivity index (χ2n) is 2.58. The van der Waals surface area contributed by atoms with Gasteiger partial charge in [-0.25, -0.2) is 0 Å². The molecule has 0 saturated heterocycles. The number of rotatable bonds is 2. The summed E-state index contributed by atoms with van der Waals surface area (Å²) >= 11 is 0. The minimum absolute atomic E-state index is 0.605. The van der Waals surface area contributed by atoms with Crippen LogP contribution in [-0.4, -0.2) is 17.7 Å². The molecule has 1 aromatic carbocycles. The predicted octanol–water partition coefficient (Wildman–Crippen LogP) is 1.14. The molecule has 0 saturated carbocycles. The van der Waals surface area contributed by atoms with Crippen LogP contribution in [0.1, 0.15) is 0 Å². The summed E-state index contributed by atoms with van der Waals surface area (Å²) in [6.45, 7) is 0. The van der Waals surface area contributed by atoms with Crippen LogP contribution < -0.4 is 4.65 Å². The Bertz CT molecular complexity index is 414. The maximum Gasteiger partial charge on any atom is 0.569 e. The van der Waals surface area contributed by atoms with Crippen molar-refractivity contribution in [3.8, 4) is 5.75 Å². The van der Waals surface area contributed by atoms with Crippen LogP contribution in [-0.2, 0) is 0 Å². The second kappa shape index (κ2) is 3.45. The van der Waals surface area contributed by atoms with Gasteiger partial charge in [0.15, 0.2) is 0 Å². The molecular weight excluding hydrogens is 165 g/mol. The van der Waals surface area contributed by atoms with Crippen LogP contribution in [0.5, 0.6) is 5.75 Å². The minimum Gasteiger partial charge on any atom is -0.537 e. The Kier molecular flexibility index (Phi) is 2.14. The average Bonchev–Trinajstić information content (AvgIpc) is 2.19. The molecule has 1 heterocycles. The molecule has 1 radical (unpaired) electrons. The summed E-state index contributed by atoms with van der Waals surface area (Å²) < 4.78 is 4.91. The Labute approximate surface area is 76.3 Å². The molecular formula is C9H7BNO2. The predicted molar refractivity (Wildman–Crippen MR) is 50.3 cm³/mol. The van der Waals surface area contributed by atoms with E-state index >= 15 is 0 Å². The van der Waals surface area contributed by atoms with Crippen molar-refractivity contribution in [1.82, 2.24) is 4.98 Å². The first-order valence-electron chi connectivity index (χ1n) is 3.87. The third kappa shape index (κ3) is 1.48. The van der Waals surface area contributed by atoms with Gasteiger partial charge in [-0.1, -0.05) is 12.1 Å². The van der Waals surface area contributed by atoms with Crippen LogP contribution in [0.3, 0.4) is 0 Å². The topological polar surface area (TPSA) is 42.4 Å². The van der Waals surface area contributed by atoms with Crippen LogP contribution in [0.15, 0.2) is 36.7 Å². The lowest BCUT2D eigenvalue weighted by molar-refractivity contribution is 0.456. The lowest BCUT2D eigenvalue weighted by atomic mass is 10.1. The fourth-order valence-electron chi connectivity index (χ4n) is 1.24. The highest BCUT2D eigenvalue weighted by Gasteiger charge is 2.00. The minimum atomic E-state index is 0.605. The fraction of sp³-hybridized carbons (Fsp3) is 0. The second-order valence-corrected chi connectivity index (χ2v) is 2.58. The van der Waals surface area contributed by atoms with E-state index in [1.54, 1.807) is 18.5 Å². The highest BCUT2D eigenvalue weighted by atomic mass is 16.5. The van der Waals surface area contributed by atoms with Gasteiger partial charge in [-0.3, -0.25) is 4.98 Å². The van der Waals surface area contributed by atoms with E-state index in [0.29, 0.717) is 13.4 Å². The highest BCUT2D eigenvalue weighted by molar-refractivity contribution is 6.18. The number of fused-ring (bicyclic) bond motifs is 1. The van der Waals surface area contributed by atoms with Crippen molar-refractivity contribution < 1.29 is 9.68 Å². The maximum absolute atomic E-state index is 8.51. The largest absolute Gasteiger partial charge is 0.569 e. The first kappa shape index (κ1) is 8.07. The quantitative estimate of drug-likeness (QED) is 0.690. The van der Waals surface area contributed by atoms with Gasteiger partial charge in [-0.15, -0.1) is 0 Å². The van der Waals surface area contributed by atoms with E-state index in [9.17, 15) is 0 Å². The Morgan fingerprint density at radius 3 is 3.08 bits per heavy atom. The van der Waals surface area contributed by atoms with E-state index in [0.717, 1.165) is 10.8 Å². The molecule has 0 unspecified atom stereocenters. The van der Waals surface area contributed by atoms with Crippen molar-refractivity contribution in [3.63, 3.8) is 0 Å². The molecule has 2 aromatic rings. The number of hydrogen-bond acceptors (Lipinski definition) is 3. The normalized spacial score (nSPS) is 9.92. The molecule has 0 aliphatic carbocycles. The summed E-state index contributed by atoms with van der Waals surface area (Å²) in [7, 11) is 0.668.